The van der Waals surface area contributed by atoms with Crippen molar-refractivity contribution in [2.45, 2.75) is 20.8 Å². The van der Waals surface area contributed by atoms with E-state index in [4.69, 9.17) is 0 Å². The first-order valence-electron chi connectivity index (χ1n) is 12.0. The fourth-order valence-electron chi connectivity index (χ4n) is 3.95. The number of aromatic nitrogens is 2. The lowest BCUT2D eigenvalue weighted by Gasteiger charge is -2.24. The Labute approximate surface area is 214 Å². The van der Waals surface area contributed by atoms with Gasteiger partial charge in [-0.1, -0.05) is 62.4 Å². The summed E-state index contributed by atoms with van der Waals surface area (Å²) in [5.41, 5.74) is 2.28. The summed E-state index contributed by atoms with van der Waals surface area (Å²) < 4.78 is 30.3. The van der Waals surface area contributed by atoms with Gasteiger partial charge in [0, 0.05) is 18.3 Å². The monoisotopic (exact) mass is 502 g/mol. The van der Waals surface area contributed by atoms with E-state index in [0.29, 0.717) is 16.9 Å². The quantitative estimate of drug-likeness (QED) is 0.328. The second kappa shape index (κ2) is 11.2. The highest BCUT2D eigenvalue weighted by molar-refractivity contribution is 5.99. The molecule has 0 saturated heterocycles. The lowest BCUT2D eigenvalue weighted by Crippen LogP contribution is -2.40. The maximum Gasteiger partial charge on any atom is 0.257 e. The largest absolute Gasteiger partial charge is 0.329 e. The van der Waals surface area contributed by atoms with Gasteiger partial charge in [-0.15, -0.1) is 0 Å². The SMILES string of the molecule is Cc1ccc(-n2cc(-c3ccccc3)nc2NC(=O)CN(CC(C)C)C(=O)c2ccccc2F)cc1F. The van der Waals surface area contributed by atoms with Crippen molar-refractivity contribution in [3.63, 3.8) is 0 Å². The van der Waals surface area contributed by atoms with Crippen LogP contribution in [0.4, 0.5) is 14.7 Å². The van der Waals surface area contributed by atoms with E-state index in [0.717, 1.165) is 5.56 Å². The second-order valence-electron chi connectivity index (χ2n) is 9.23. The molecule has 4 aromatic rings. The van der Waals surface area contributed by atoms with Crippen LogP contribution in [0.25, 0.3) is 16.9 Å². The van der Waals surface area contributed by atoms with E-state index in [1.54, 1.807) is 35.9 Å². The molecule has 0 fully saturated rings. The van der Waals surface area contributed by atoms with Gasteiger partial charge in [-0.05, 0) is 42.7 Å². The molecule has 0 unspecified atom stereocenters. The van der Waals surface area contributed by atoms with Crippen LogP contribution in [0.3, 0.4) is 0 Å². The Kier molecular flexibility index (Phi) is 7.77. The van der Waals surface area contributed by atoms with Gasteiger partial charge in [-0.3, -0.25) is 19.5 Å². The number of anilines is 1. The summed E-state index contributed by atoms with van der Waals surface area (Å²) in [6.07, 6.45) is 1.71. The van der Waals surface area contributed by atoms with Crippen LogP contribution < -0.4 is 5.32 Å². The molecule has 8 heteroatoms. The molecule has 0 saturated carbocycles. The first-order valence-corrected chi connectivity index (χ1v) is 12.0. The fourth-order valence-corrected chi connectivity index (χ4v) is 3.95. The summed E-state index contributed by atoms with van der Waals surface area (Å²) in [7, 11) is 0. The number of carbonyl (C=O) groups is 2. The molecule has 4 rings (SSSR count). The number of amides is 2. The van der Waals surface area contributed by atoms with E-state index >= 15 is 0 Å². The molecule has 3 aromatic carbocycles. The van der Waals surface area contributed by atoms with Crippen LogP contribution in [0.15, 0.2) is 79.0 Å². The predicted octanol–water partition coefficient (Wildman–Crippen LogP) is 5.86. The average Bonchev–Trinajstić information content (AvgIpc) is 3.29. The minimum atomic E-state index is -0.647. The first kappa shape index (κ1) is 25.8. The molecule has 0 radical (unpaired) electrons. The smallest absolute Gasteiger partial charge is 0.257 e. The summed E-state index contributed by atoms with van der Waals surface area (Å²) in [5.74, 6) is -1.89. The average molecular weight is 503 g/mol. The second-order valence-corrected chi connectivity index (χ2v) is 9.23. The first-order chi connectivity index (χ1) is 17.7. The number of aryl methyl sites for hydroxylation is 1. The van der Waals surface area contributed by atoms with E-state index in [1.807, 2.05) is 44.2 Å². The summed E-state index contributed by atoms with van der Waals surface area (Å²) >= 11 is 0. The standard InChI is InChI=1S/C29H28F2N4O2/c1-19(2)16-34(28(37)23-11-7-8-12-24(23)30)18-27(36)33-29-32-26(21-9-5-4-6-10-21)17-35(29)22-14-13-20(3)25(31)15-22/h4-15,17,19H,16,18H2,1-3H3,(H,32,33,36). The van der Waals surface area contributed by atoms with Crippen molar-refractivity contribution in [3.05, 3.63) is 102 Å². The molecule has 0 spiro atoms. The molecule has 0 aliphatic rings. The van der Waals surface area contributed by atoms with Crippen molar-refractivity contribution >= 4 is 17.8 Å². The number of nitrogens with one attached hydrogen (secondary N) is 1. The van der Waals surface area contributed by atoms with Crippen molar-refractivity contribution in [2.24, 2.45) is 5.92 Å². The molecule has 0 aliphatic heterocycles. The molecule has 2 amide bonds. The summed E-state index contributed by atoms with van der Waals surface area (Å²) in [5, 5.41) is 2.76. The molecule has 0 atom stereocenters. The van der Waals surface area contributed by atoms with Crippen LogP contribution in [-0.4, -0.2) is 39.4 Å². The van der Waals surface area contributed by atoms with Crippen LogP contribution in [0.2, 0.25) is 0 Å². The Morgan fingerprint density at radius 2 is 1.68 bits per heavy atom. The molecule has 0 aliphatic carbocycles. The van der Waals surface area contributed by atoms with Crippen molar-refractivity contribution < 1.29 is 18.4 Å². The van der Waals surface area contributed by atoms with Crippen molar-refractivity contribution in [1.29, 1.82) is 0 Å². The molecule has 190 valence electrons. The van der Waals surface area contributed by atoms with E-state index < -0.39 is 17.6 Å². The Hall–Kier alpha value is -4.33. The number of carbonyl (C=O) groups excluding carboxylic acids is 2. The molecule has 6 nitrogen and oxygen atoms in total. The lowest BCUT2D eigenvalue weighted by atomic mass is 10.1. The van der Waals surface area contributed by atoms with E-state index in [9.17, 15) is 18.4 Å². The maximum absolute atomic E-state index is 14.4. The number of rotatable bonds is 8. The van der Waals surface area contributed by atoms with Crippen LogP contribution in [0.5, 0.6) is 0 Å². The summed E-state index contributed by atoms with van der Waals surface area (Å²) in [4.78, 5) is 32.1. The Morgan fingerprint density at radius 1 is 0.973 bits per heavy atom. The highest BCUT2D eigenvalue weighted by Crippen LogP contribution is 2.25. The third-order valence-corrected chi connectivity index (χ3v) is 5.77. The van der Waals surface area contributed by atoms with Crippen LogP contribution in [0.1, 0.15) is 29.8 Å². The minimum Gasteiger partial charge on any atom is -0.329 e. The van der Waals surface area contributed by atoms with Gasteiger partial charge in [0.25, 0.3) is 5.91 Å². The zero-order chi connectivity index (χ0) is 26.5. The van der Waals surface area contributed by atoms with Gasteiger partial charge >= 0.3 is 0 Å². The van der Waals surface area contributed by atoms with Gasteiger partial charge in [0.15, 0.2) is 0 Å². The van der Waals surface area contributed by atoms with Crippen molar-refractivity contribution in [3.8, 4) is 16.9 Å². The van der Waals surface area contributed by atoms with Gasteiger partial charge in [0.1, 0.15) is 18.2 Å². The topological polar surface area (TPSA) is 67.2 Å². The number of hydrogen-bond acceptors (Lipinski definition) is 3. The Morgan fingerprint density at radius 3 is 2.35 bits per heavy atom. The fraction of sp³-hybridized carbons (Fsp3) is 0.207. The number of hydrogen-bond donors (Lipinski definition) is 1. The molecular formula is C29H28F2N4O2. The third-order valence-electron chi connectivity index (χ3n) is 5.77. The van der Waals surface area contributed by atoms with E-state index in [2.05, 4.69) is 10.3 Å². The molecular weight excluding hydrogens is 474 g/mol. The molecule has 37 heavy (non-hydrogen) atoms. The third kappa shape index (κ3) is 6.09. The van der Waals surface area contributed by atoms with E-state index in [-0.39, 0.29) is 36.3 Å². The van der Waals surface area contributed by atoms with Crippen LogP contribution >= 0.6 is 0 Å². The Bertz CT molecular complexity index is 1420. The van der Waals surface area contributed by atoms with Crippen LogP contribution in [-0.2, 0) is 4.79 Å². The van der Waals surface area contributed by atoms with Gasteiger partial charge < -0.3 is 4.90 Å². The van der Waals surface area contributed by atoms with Crippen molar-refractivity contribution in [1.82, 2.24) is 14.5 Å². The highest BCUT2D eigenvalue weighted by atomic mass is 19.1. The maximum atomic E-state index is 14.4. The normalized spacial score (nSPS) is 11.0. The number of benzene rings is 3. The highest BCUT2D eigenvalue weighted by Gasteiger charge is 2.23. The summed E-state index contributed by atoms with van der Waals surface area (Å²) in [6.45, 7) is 5.43. The lowest BCUT2D eigenvalue weighted by molar-refractivity contribution is -0.117. The molecule has 1 N–H and O–H groups in total. The zero-order valence-corrected chi connectivity index (χ0v) is 20.9. The summed E-state index contributed by atoms with van der Waals surface area (Å²) in [6, 6.07) is 19.8. The molecule has 1 aromatic heterocycles. The number of nitrogens with zero attached hydrogens (tertiary/aromatic N) is 3. The minimum absolute atomic E-state index is 0.0470. The van der Waals surface area contributed by atoms with Gasteiger partial charge in [0.2, 0.25) is 11.9 Å². The molecule has 1 heterocycles. The van der Waals surface area contributed by atoms with Gasteiger partial charge in [0.05, 0.1) is 16.9 Å². The van der Waals surface area contributed by atoms with E-state index in [1.165, 1.54) is 29.2 Å². The Balaban J connectivity index is 1.64. The van der Waals surface area contributed by atoms with Crippen molar-refractivity contribution in [2.75, 3.05) is 18.4 Å². The van der Waals surface area contributed by atoms with Gasteiger partial charge in [-0.25, -0.2) is 13.8 Å². The van der Waals surface area contributed by atoms with Crippen LogP contribution in [0, 0.1) is 24.5 Å². The predicted molar refractivity (Wildman–Crippen MR) is 139 cm³/mol. The molecule has 0 bridgehead atoms. The number of halogens is 2. The zero-order valence-electron chi connectivity index (χ0n) is 20.9. The van der Waals surface area contributed by atoms with Gasteiger partial charge in [-0.2, -0.15) is 0 Å². The number of imidazole rings is 1.